The highest BCUT2D eigenvalue weighted by molar-refractivity contribution is 6.36. The fraction of sp³-hybridized carbons (Fsp3) is 0.241. The van der Waals surface area contributed by atoms with Crippen LogP contribution in [0.3, 0.4) is 0 Å². The number of benzene rings is 3. The molecule has 0 heterocycles. The minimum atomic E-state index is -0.788. The molecule has 0 radical (unpaired) electrons. The van der Waals surface area contributed by atoms with E-state index in [0.717, 1.165) is 0 Å². The number of carbonyl (C=O) groups excluding carboxylic acids is 4. The van der Waals surface area contributed by atoms with Gasteiger partial charge >= 0.3 is 5.97 Å². The summed E-state index contributed by atoms with van der Waals surface area (Å²) in [5.41, 5.74) is 1.05. The Morgan fingerprint density at radius 1 is 0.769 bits per heavy atom. The highest BCUT2D eigenvalue weighted by atomic mass is 35.5. The first-order valence-electron chi connectivity index (χ1n) is 12.3. The second-order valence-electron chi connectivity index (χ2n) is 8.31. The first kappa shape index (κ1) is 27.7. The zero-order valence-corrected chi connectivity index (χ0v) is 22.3. The predicted octanol–water partition coefficient (Wildman–Crippen LogP) is 5.11. The molecular weight excluding hydrogens is 526 g/mol. The number of anilines is 1. The molecule has 202 valence electrons. The van der Waals surface area contributed by atoms with Crippen molar-refractivity contribution in [1.82, 2.24) is 0 Å². The Kier molecular flexibility index (Phi) is 8.51. The van der Waals surface area contributed by atoms with E-state index in [1.165, 1.54) is 24.3 Å². The monoisotopic (exact) mass is 551 g/mol. The molecule has 0 unspecified atom stereocenters. The van der Waals surface area contributed by atoms with Crippen molar-refractivity contribution in [1.29, 1.82) is 0 Å². The summed E-state index contributed by atoms with van der Waals surface area (Å²) in [7, 11) is 0. The molecule has 9 nitrogen and oxygen atoms in total. The average molecular weight is 552 g/mol. The lowest BCUT2D eigenvalue weighted by molar-refractivity contribution is -0.119. The number of ether oxygens (including phenoxy) is 4. The molecule has 1 aliphatic rings. The van der Waals surface area contributed by atoms with Crippen LogP contribution in [0, 0.1) is 0 Å². The third-order valence-electron chi connectivity index (χ3n) is 5.77. The fourth-order valence-corrected chi connectivity index (χ4v) is 4.33. The van der Waals surface area contributed by atoms with E-state index in [0.29, 0.717) is 42.6 Å². The van der Waals surface area contributed by atoms with Gasteiger partial charge in [-0.05, 0) is 45.0 Å². The first-order chi connectivity index (χ1) is 18.8. The van der Waals surface area contributed by atoms with Crippen LogP contribution in [0.15, 0.2) is 48.5 Å². The molecule has 1 N–H and O–H groups in total. The van der Waals surface area contributed by atoms with Crippen LogP contribution in [-0.2, 0) is 9.53 Å². The van der Waals surface area contributed by atoms with Gasteiger partial charge in [0.15, 0.2) is 29.7 Å². The van der Waals surface area contributed by atoms with E-state index < -0.39 is 18.5 Å². The summed E-state index contributed by atoms with van der Waals surface area (Å²) in [6.07, 6.45) is 0. The van der Waals surface area contributed by atoms with E-state index in [-0.39, 0.29) is 44.5 Å². The topological polar surface area (TPSA) is 117 Å². The van der Waals surface area contributed by atoms with Crippen LogP contribution in [0.25, 0.3) is 0 Å². The molecule has 10 heteroatoms. The fourth-order valence-electron chi connectivity index (χ4n) is 4.12. The van der Waals surface area contributed by atoms with Gasteiger partial charge in [-0.15, -0.1) is 0 Å². The molecule has 0 atom stereocenters. The molecule has 0 saturated heterocycles. The Morgan fingerprint density at radius 3 is 1.85 bits per heavy atom. The third-order valence-corrected chi connectivity index (χ3v) is 6.08. The van der Waals surface area contributed by atoms with Gasteiger partial charge in [-0.2, -0.15) is 0 Å². The van der Waals surface area contributed by atoms with E-state index in [4.69, 9.17) is 30.5 Å². The molecule has 0 fully saturated rings. The summed E-state index contributed by atoms with van der Waals surface area (Å²) in [6.45, 7) is 5.78. The SMILES string of the molecule is CCOc1cc(C(=O)OCC(=O)Nc2cc3c(cc2Cl)C(=O)c2ccccc2C3=O)cc(OCC)c1OCC. The molecule has 0 aromatic heterocycles. The number of amides is 1. The predicted molar refractivity (Wildman–Crippen MR) is 144 cm³/mol. The Labute approximate surface area is 230 Å². The summed E-state index contributed by atoms with van der Waals surface area (Å²) in [6, 6.07) is 12.1. The number of hydrogen-bond donors (Lipinski definition) is 1. The standard InChI is InChI=1S/C29H26ClNO8/c1-4-36-23-11-16(12-24(37-5-2)28(23)38-6-3)29(35)39-15-25(32)31-22-14-20-19(13-21(22)30)26(33)17-9-7-8-10-18(17)27(20)34/h7-14H,4-6,15H2,1-3H3,(H,31,32). The van der Waals surface area contributed by atoms with Gasteiger partial charge in [0.05, 0.1) is 36.1 Å². The lowest BCUT2D eigenvalue weighted by atomic mass is 9.84. The highest BCUT2D eigenvalue weighted by Crippen LogP contribution is 2.39. The summed E-state index contributed by atoms with van der Waals surface area (Å²) < 4.78 is 22.1. The lowest BCUT2D eigenvalue weighted by Crippen LogP contribution is -2.23. The van der Waals surface area contributed by atoms with Gasteiger partial charge < -0.3 is 24.3 Å². The Morgan fingerprint density at radius 2 is 1.31 bits per heavy atom. The number of esters is 1. The number of halogens is 1. The second-order valence-corrected chi connectivity index (χ2v) is 8.71. The maximum absolute atomic E-state index is 13.0. The zero-order valence-electron chi connectivity index (χ0n) is 21.6. The quantitative estimate of drug-likeness (QED) is 0.270. The van der Waals surface area contributed by atoms with E-state index in [1.54, 1.807) is 38.1 Å². The number of fused-ring (bicyclic) bond motifs is 2. The molecule has 1 amide bonds. The van der Waals surface area contributed by atoms with Gasteiger partial charge in [0.25, 0.3) is 5.91 Å². The number of rotatable bonds is 10. The van der Waals surface area contributed by atoms with Crippen LogP contribution in [0.2, 0.25) is 5.02 Å². The van der Waals surface area contributed by atoms with Crippen molar-refractivity contribution in [2.45, 2.75) is 20.8 Å². The van der Waals surface area contributed by atoms with Crippen molar-refractivity contribution in [3.8, 4) is 17.2 Å². The maximum Gasteiger partial charge on any atom is 0.338 e. The van der Waals surface area contributed by atoms with Gasteiger partial charge in [-0.25, -0.2) is 4.79 Å². The van der Waals surface area contributed by atoms with Crippen molar-refractivity contribution in [2.24, 2.45) is 0 Å². The van der Waals surface area contributed by atoms with Gasteiger partial charge in [0.1, 0.15) is 0 Å². The molecule has 0 bridgehead atoms. The smallest absolute Gasteiger partial charge is 0.338 e. The van der Waals surface area contributed by atoms with Crippen LogP contribution in [0.5, 0.6) is 17.2 Å². The molecule has 3 aromatic rings. The molecule has 0 spiro atoms. The van der Waals surface area contributed by atoms with Crippen molar-refractivity contribution >= 4 is 40.7 Å². The largest absolute Gasteiger partial charge is 0.490 e. The lowest BCUT2D eigenvalue weighted by Gasteiger charge is -2.19. The van der Waals surface area contributed by atoms with E-state index in [2.05, 4.69) is 5.32 Å². The highest BCUT2D eigenvalue weighted by Gasteiger charge is 2.30. The second kappa shape index (κ2) is 12.0. The molecule has 3 aromatic carbocycles. The van der Waals surface area contributed by atoms with Gasteiger partial charge in [-0.3, -0.25) is 14.4 Å². The summed E-state index contributed by atoms with van der Waals surface area (Å²) in [5.74, 6) is -1.18. The van der Waals surface area contributed by atoms with Gasteiger partial charge in [0.2, 0.25) is 5.75 Å². The number of nitrogens with one attached hydrogen (secondary N) is 1. The minimum Gasteiger partial charge on any atom is -0.490 e. The normalized spacial score (nSPS) is 11.8. The van der Waals surface area contributed by atoms with Gasteiger partial charge in [-0.1, -0.05) is 35.9 Å². The molecular formula is C29H26ClNO8. The average Bonchev–Trinajstić information content (AvgIpc) is 2.93. The Hall–Kier alpha value is -4.37. The van der Waals surface area contributed by atoms with Crippen molar-refractivity contribution in [2.75, 3.05) is 31.7 Å². The summed E-state index contributed by atoms with van der Waals surface area (Å²) in [5, 5.41) is 2.59. The van der Waals surface area contributed by atoms with Crippen LogP contribution in [-0.4, -0.2) is 49.9 Å². The number of hydrogen-bond acceptors (Lipinski definition) is 8. The molecule has 0 aliphatic heterocycles. The molecule has 0 saturated carbocycles. The van der Waals surface area contributed by atoms with Crippen molar-refractivity contribution in [3.05, 3.63) is 81.4 Å². The van der Waals surface area contributed by atoms with E-state index in [1.807, 2.05) is 6.92 Å². The Balaban J connectivity index is 1.49. The van der Waals surface area contributed by atoms with Gasteiger partial charge in [0, 0.05) is 22.3 Å². The molecule has 4 rings (SSSR count). The van der Waals surface area contributed by atoms with Crippen LogP contribution in [0.1, 0.15) is 63.0 Å². The van der Waals surface area contributed by atoms with E-state index in [9.17, 15) is 19.2 Å². The molecule has 39 heavy (non-hydrogen) atoms. The molecule has 1 aliphatic carbocycles. The van der Waals surface area contributed by atoms with E-state index >= 15 is 0 Å². The number of carbonyl (C=O) groups is 4. The Bertz CT molecular complexity index is 1440. The zero-order chi connectivity index (χ0) is 28.1. The first-order valence-corrected chi connectivity index (χ1v) is 12.7. The summed E-state index contributed by atoms with van der Waals surface area (Å²) >= 11 is 6.31. The van der Waals surface area contributed by atoms with Crippen molar-refractivity contribution in [3.63, 3.8) is 0 Å². The van der Waals surface area contributed by atoms with Crippen molar-refractivity contribution < 1.29 is 38.1 Å². The maximum atomic E-state index is 13.0. The summed E-state index contributed by atoms with van der Waals surface area (Å²) in [4.78, 5) is 51.2. The minimum absolute atomic E-state index is 0.0585. The van der Waals surface area contributed by atoms with Crippen LogP contribution in [0.4, 0.5) is 5.69 Å². The van der Waals surface area contributed by atoms with Crippen LogP contribution < -0.4 is 19.5 Å². The van der Waals surface area contributed by atoms with Crippen LogP contribution >= 0.6 is 11.6 Å². The number of ketones is 2. The third kappa shape index (κ3) is 5.73.